The molecule has 0 atom stereocenters. The smallest absolute Gasteiger partial charge is 0.469 e. The van der Waals surface area contributed by atoms with Gasteiger partial charge in [-0.15, -0.1) is 0 Å². The van der Waals surface area contributed by atoms with Crippen molar-refractivity contribution in [3.63, 3.8) is 0 Å². The Bertz CT molecular complexity index is 1710. The van der Waals surface area contributed by atoms with Crippen molar-refractivity contribution in [3.05, 3.63) is 54.2 Å². The number of aromatic amines is 1. The standard InChI is InChI=1S/C27H32F2N3O7PS/c1-4-32(12-14-39-40(33,34)35)27(28,29)11-13-38-23-10-9-21(19-7-6-8-20(16-19)41(36,37)5-2)24-22-15-18(3)17-30-26(22)31-25(23)24/h6-10,15-17H,4-5,11-14H2,1-3H3,(H,30,31)(H2,33,34,35). The van der Waals surface area contributed by atoms with E-state index < -0.39 is 36.7 Å². The molecule has 41 heavy (non-hydrogen) atoms. The number of aryl methyl sites for hydroxylation is 1. The van der Waals surface area contributed by atoms with E-state index >= 15 is 0 Å². The monoisotopic (exact) mass is 611 g/mol. The summed E-state index contributed by atoms with van der Waals surface area (Å²) < 4.78 is 75.9. The lowest BCUT2D eigenvalue weighted by Crippen LogP contribution is -2.44. The second kappa shape index (κ2) is 12.1. The summed E-state index contributed by atoms with van der Waals surface area (Å²) in [5, 5.41) is 1.49. The first-order valence-electron chi connectivity index (χ1n) is 13.0. The minimum Gasteiger partial charge on any atom is -0.491 e. The third-order valence-electron chi connectivity index (χ3n) is 6.71. The van der Waals surface area contributed by atoms with Crippen molar-refractivity contribution in [2.75, 3.05) is 32.1 Å². The summed E-state index contributed by atoms with van der Waals surface area (Å²) >= 11 is 0. The molecular weight excluding hydrogens is 579 g/mol. The zero-order chi connectivity index (χ0) is 30.0. The number of alkyl halides is 2. The van der Waals surface area contributed by atoms with Crippen LogP contribution in [-0.4, -0.2) is 71.2 Å². The molecule has 4 aromatic rings. The van der Waals surface area contributed by atoms with Crippen LogP contribution in [0.25, 0.3) is 33.1 Å². The van der Waals surface area contributed by atoms with Gasteiger partial charge < -0.3 is 19.5 Å². The first-order chi connectivity index (χ1) is 19.3. The van der Waals surface area contributed by atoms with Gasteiger partial charge in [-0.25, -0.2) is 22.9 Å². The van der Waals surface area contributed by atoms with Gasteiger partial charge in [0.2, 0.25) is 0 Å². The predicted octanol–water partition coefficient (Wildman–Crippen LogP) is 5.28. The van der Waals surface area contributed by atoms with Crippen LogP contribution < -0.4 is 4.74 Å². The highest BCUT2D eigenvalue weighted by Crippen LogP contribution is 2.40. The van der Waals surface area contributed by atoms with Gasteiger partial charge in [0.1, 0.15) is 11.4 Å². The molecule has 4 rings (SSSR count). The van der Waals surface area contributed by atoms with Crippen molar-refractivity contribution < 1.29 is 40.8 Å². The van der Waals surface area contributed by atoms with Gasteiger partial charge in [-0.1, -0.05) is 26.0 Å². The van der Waals surface area contributed by atoms with Gasteiger partial charge in [-0.05, 0) is 53.9 Å². The molecule has 2 heterocycles. The average Bonchev–Trinajstić information content (AvgIpc) is 3.29. The van der Waals surface area contributed by atoms with Crippen molar-refractivity contribution in [2.24, 2.45) is 0 Å². The molecule has 2 aromatic heterocycles. The van der Waals surface area contributed by atoms with Crippen molar-refractivity contribution in [1.29, 1.82) is 0 Å². The predicted molar refractivity (Wildman–Crippen MR) is 152 cm³/mol. The van der Waals surface area contributed by atoms with Gasteiger partial charge in [0.15, 0.2) is 9.84 Å². The molecule has 0 saturated carbocycles. The van der Waals surface area contributed by atoms with Crippen LogP contribution in [0.15, 0.2) is 53.6 Å². The second-order valence-corrected chi connectivity index (χ2v) is 13.0. The van der Waals surface area contributed by atoms with Gasteiger partial charge in [0, 0.05) is 30.1 Å². The maximum absolute atomic E-state index is 14.9. The van der Waals surface area contributed by atoms with E-state index in [9.17, 15) is 21.8 Å². The van der Waals surface area contributed by atoms with E-state index in [1.807, 2.05) is 19.1 Å². The summed E-state index contributed by atoms with van der Waals surface area (Å²) in [6.45, 7) is 3.62. The minimum atomic E-state index is -4.76. The number of phosphoric ester groups is 1. The summed E-state index contributed by atoms with van der Waals surface area (Å²) in [6, 6.07) is 8.68. The Morgan fingerprint density at radius 3 is 2.56 bits per heavy atom. The molecule has 0 saturated heterocycles. The number of pyridine rings is 1. The lowest BCUT2D eigenvalue weighted by atomic mass is 9.99. The van der Waals surface area contributed by atoms with Crippen LogP contribution >= 0.6 is 7.82 Å². The molecule has 0 unspecified atom stereocenters. The summed E-state index contributed by atoms with van der Waals surface area (Å²) in [4.78, 5) is 26.3. The molecular formula is C27H32F2N3O7PS. The lowest BCUT2D eigenvalue weighted by molar-refractivity contribution is -0.156. The average molecular weight is 612 g/mol. The third-order valence-corrected chi connectivity index (χ3v) is 8.97. The topological polar surface area (TPSA) is 142 Å². The van der Waals surface area contributed by atoms with Crippen LogP contribution in [0, 0.1) is 6.92 Å². The number of halogens is 2. The molecule has 0 aliphatic carbocycles. The number of nitrogens with one attached hydrogen (secondary N) is 1. The highest BCUT2D eigenvalue weighted by atomic mass is 32.2. The first kappa shape index (κ1) is 31.0. The number of nitrogens with zero attached hydrogens (tertiary/aromatic N) is 2. The van der Waals surface area contributed by atoms with E-state index in [1.54, 1.807) is 43.5 Å². The Morgan fingerprint density at radius 2 is 1.88 bits per heavy atom. The van der Waals surface area contributed by atoms with Crippen LogP contribution in [0.3, 0.4) is 0 Å². The van der Waals surface area contributed by atoms with E-state index in [-0.39, 0.29) is 30.3 Å². The molecule has 10 nitrogen and oxygen atoms in total. The summed E-state index contributed by atoms with van der Waals surface area (Å²) in [5.74, 6) is 0.284. The van der Waals surface area contributed by atoms with Gasteiger partial charge in [-0.3, -0.25) is 4.52 Å². The van der Waals surface area contributed by atoms with Gasteiger partial charge in [-0.2, -0.15) is 8.78 Å². The number of H-pyrrole nitrogens is 1. The number of hydrogen-bond acceptors (Lipinski definition) is 7. The Hall–Kier alpha value is -2.93. The summed E-state index contributed by atoms with van der Waals surface area (Å²) in [6.07, 6.45) is 1.01. The number of likely N-dealkylation sites (N-methyl/N-ethyl adjacent to an activating group) is 1. The molecule has 0 aliphatic rings. The van der Waals surface area contributed by atoms with E-state index in [2.05, 4.69) is 14.5 Å². The van der Waals surface area contributed by atoms with Crippen LogP contribution in [0.5, 0.6) is 5.75 Å². The zero-order valence-corrected chi connectivity index (χ0v) is 24.5. The quantitative estimate of drug-likeness (QED) is 0.136. The number of fused-ring (bicyclic) bond motifs is 3. The van der Waals surface area contributed by atoms with Crippen LogP contribution in [-0.2, 0) is 18.9 Å². The van der Waals surface area contributed by atoms with Crippen LogP contribution in [0.1, 0.15) is 25.8 Å². The fourth-order valence-corrected chi connectivity index (χ4v) is 5.86. The Labute approximate surface area is 236 Å². The van der Waals surface area contributed by atoms with Gasteiger partial charge in [0.25, 0.3) is 0 Å². The van der Waals surface area contributed by atoms with Crippen LogP contribution in [0.2, 0.25) is 0 Å². The molecule has 3 N–H and O–H groups in total. The highest BCUT2D eigenvalue weighted by molar-refractivity contribution is 7.91. The molecule has 222 valence electrons. The maximum Gasteiger partial charge on any atom is 0.469 e. The molecule has 14 heteroatoms. The fraction of sp³-hybridized carbons (Fsp3) is 0.370. The Kier molecular flexibility index (Phi) is 9.17. The minimum absolute atomic E-state index is 0.0361. The molecule has 0 fully saturated rings. The van der Waals surface area contributed by atoms with E-state index in [4.69, 9.17) is 14.5 Å². The van der Waals surface area contributed by atoms with E-state index in [0.717, 1.165) is 26.8 Å². The van der Waals surface area contributed by atoms with Crippen LogP contribution in [0.4, 0.5) is 8.78 Å². The molecule has 0 radical (unpaired) electrons. The van der Waals surface area contributed by atoms with Gasteiger partial charge >= 0.3 is 13.9 Å². The maximum atomic E-state index is 14.9. The molecule has 0 bridgehead atoms. The Morgan fingerprint density at radius 1 is 1.12 bits per heavy atom. The van der Waals surface area contributed by atoms with E-state index in [0.29, 0.717) is 22.5 Å². The molecule has 0 aliphatic heterocycles. The number of rotatable bonds is 13. The summed E-state index contributed by atoms with van der Waals surface area (Å²) in [5.41, 5.74) is 3.39. The van der Waals surface area contributed by atoms with Crippen molar-refractivity contribution in [3.8, 4) is 16.9 Å². The van der Waals surface area contributed by atoms with Crippen molar-refractivity contribution >= 4 is 39.6 Å². The zero-order valence-electron chi connectivity index (χ0n) is 22.8. The second-order valence-electron chi connectivity index (χ2n) is 9.49. The number of ether oxygens (including phenoxy) is 1. The molecule has 2 aromatic carbocycles. The number of aromatic nitrogens is 2. The number of phosphoric acid groups is 1. The number of benzene rings is 2. The largest absolute Gasteiger partial charge is 0.491 e. The van der Waals surface area contributed by atoms with Crippen molar-refractivity contribution in [2.45, 2.75) is 38.1 Å². The SMILES string of the molecule is CCN(CCOP(=O)(O)O)C(F)(F)CCOc1ccc(-c2cccc(S(=O)(=O)CC)c2)c2c1[nH]c1ncc(C)cc12. The fourth-order valence-electron chi connectivity index (χ4n) is 4.61. The highest BCUT2D eigenvalue weighted by Gasteiger charge is 2.36. The van der Waals surface area contributed by atoms with E-state index in [1.165, 1.54) is 6.92 Å². The normalized spacial score (nSPS) is 13.0. The first-order valence-corrected chi connectivity index (χ1v) is 16.1. The number of sulfone groups is 1. The third kappa shape index (κ3) is 7.11. The van der Waals surface area contributed by atoms with Crippen molar-refractivity contribution in [1.82, 2.24) is 14.9 Å². The van der Waals surface area contributed by atoms with Gasteiger partial charge in [0.05, 0.1) is 35.8 Å². The Balaban J connectivity index is 1.65. The lowest BCUT2D eigenvalue weighted by Gasteiger charge is -2.30. The molecule has 0 amide bonds. The number of hydrogen-bond donors (Lipinski definition) is 3. The molecule has 0 spiro atoms. The summed E-state index contributed by atoms with van der Waals surface area (Å²) in [7, 11) is -8.20.